The fraction of sp³-hybridized carbons (Fsp3) is 0.235. The maximum Gasteiger partial charge on any atom is 0.239 e. The lowest BCUT2D eigenvalue weighted by Crippen LogP contribution is -2.36. The van der Waals surface area contributed by atoms with Gasteiger partial charge in [-0.1, -0.05) is 23.7 Å². The van der Waals surface area contributed by atoms with Crippen LogP contribution in [0.1, 0.15) is 5.56 Å². The van der Waals surface area contributed by atoms with Crippen LogP contribution in [0.4, 0.5) is 10.1 Å². The van der Waals surface area contributed by atoms with Gasteiger partial charge < -0.3 is 10.1 Å². The zero-order valence-electron chi connectivity index (χ0n) is 14.2. The summed E-state index contributed by atoms with van der Waals surface area (Å²) in [6.07, 6.45) is 1.00. The number of benzene rings is 2. The van der Waals surface area contributed by atoms with Gasteiger partial charge >= 0.3 is 0 Å². The van der Waals surface area contributed by atoms with E-state index in [0.717, 1.165) is 10.6 Å². The van der Waals surface area contributed by atoms with Crippen LogP contribution in [-0.4, -0.2) is 38.5 Å². The Morgan fingerprint density at radius 2 is 1.88 bits per heavy atom. The second-order valence-electron chi connectivity index (χ2n) is 5.55. The van der Waals surface area contributed by atoms with Crippen molar-refractivity contribution in [3.05, 3.63) is 58.9 Å². The topological polar surface area (TPSA) is 75.7 Å². The molecule has 0 saturated carbocycles. The lowest BCUT2D eigenvalue weighted by atomic mass is 10.2. The van der Waals surface area contributed by atoms with Crippen LogP contribution in [0.15, 0.2) is 42.5 Å². The molecule has 1 N–H and O–H groups in total. The van der Waals surface area contributed by atoms with E-state index in [9.17, 15) is 17.6 Å². The Balaban J connectivity index is 2.14. The summed E-state index contributed by atoms with van der Waals surface area (Å²) in [7, 11) is -2.22. The quantitative estimate of drug-likeness (QED) is 0.775. The van der Waals surface area contributed by atoms with Crippen molar-refractivity contribution >= 4 is 33.2 Å². The number of nitrogens with zero attached hydrogens (tertiary/aromatic N) is 1. The van der Waals surface area contributed by atoms with Gasteiger partial charge in [-0.05, 0) is 35.9 Å². The number of carbonyl (C=O) groups excluding carboxylic acids is 1. The van der Waals surface area contributed by atoms with Gasteiger partial charge in [-0.15, -0.1) is 0 Å². The van der Waals surface area contributed by atoms with Crippen LogP contribution in [0.3, 0.4) is 0 Å². The molecule has 0 bridgehead atoms. The summed E-state index contributed by atoms with van der Waals surface area (Å²) in [6.45, 7) is -0.467. The SMILES string of the molecule is COc1ccc(Cl)cc1NC(=O)CN(Cc1ccc(F)cc1)S(C)(=O)=O. The second-order valence-corrected chi connectivity index (χ2v) is 7.97. The Hall–Kier alpha value is -2.16. The molecule has 0 aliphatic heterocycles. The zero-order valence-corrected chi connectivity index (χ0v) is 15.8. The third kappa shape index (κ3) is 5.69. The van der Waals surface area contributed by atoms with Gasteiger partial charge in [0, 0.05) is 11.6 Å². The standard InChI is InChI=1S/C17H18ClFN2O4S/c1-25-16-8-5-13(18)9-15(16)20-17(22)11-21(26(2,23)24)10-12-3-6-14(19)7-4-12/h3-9H,10-11H2,1-2H3,(H,20,22). The highest BCUT2D eigenvalue weighted by Crippen LogP contribution is 2.27. The minimum absolute atomic E-state index is 0.0563. The van der Waals surface area contributed by atoms with Crippen LogP contribution < -0.4 is 10.1 Å². The largest absolute Gasteiger partial charge is 0.495 e. The van der Waals surface area contributed by atoms with Crippen molar-refractivity contribution in [3.63, 3.8) is 0 Å². The number of rotatable bonds is 7. The molecule has 0 aromatic heterocycles. The molecular formula is C17H18ClFN2O4S. The summed E-state index contributed by atoms with van der Waals surface area (Å²) in [4.78, 5) is 12.3. The van der Waals surface area contributed by atoms with Crippen LogP contribution in [0, 0.1) is 5.82 Å². The van der Waals surface area contributed by atoms with Crippen molar-refractivity contribution in [3.8, 4) is 5.75 Å². The molecule has 0 fully saturated rings. The number of nitrogens with one attached hydrogen (secondary N) is 1. The second kappa shape index (κ2) is 8.48. The number of methoxy groups -OCH3 is 1. The minimum Gasteiger partial charge on any atom is -0.495 e. The number of hydrogen-bond acceptors (Lipinski definition) is 4. The molecule has 0 heterocycles. The Morgan fingerprint density at radius 3 is 2.46 bits per heavy atom. The number of sulfonamides is 1. The minimum atomic E-state index is -3.66. The van der Waals surface area contributed by atoms with E-state index in [1.165, 1.54) is 37.4 Å². The lowest BCUT2D eigenvalue weighted by molar-refractivity contribution is -0.116. The third-order valence-electron chi connectivity index (χ3n) is 3.50. The fourth-order valence-electron chi connectivity index (χ4n) is 2.21. The van der Waals surface area contributed by atoms with Crippen molar-refractivity contribution in [2.24, 2.45) is 0 Å². The fourth-order valence-corrected chi connectivity index (χ4v) is 3.12. The molecule has 0 unspecified atom stereocenters. The number of anilines is 1. The van der Waals surface area contributed by atoms with Crippen molar-refractivity contribution in [2.75, 3.05) is 25.2 Å². The van der Waals surface area contributed by atoms with Gasteiger partial charge in [0.05, 0.1) is 25.6 Å². The summed E-state index contributed by atoms with van der Waals surface area (Å²) in [5.41, 5.74) is 0.894. The van der Waals surface area contributed by atoms with Gasteiger partial charge in [0.1, 0.15) is 11.6 Å². The number of hydrogen-bond donors (Lipinski definition) is 1. The van der Waals surface area contributed by atoms with Crippen LogP contribution in [0.5, 0.6) is 5.75 Å². The lowest BCUT2D eigenvalue weighted by Gasteiger charge is -2.20. The molecule has 1 amide bonds. The van der Waals surface area contributed by atoms with E-state index < -0.39 is 28.3 Å². The van der Waals surface area contributed by atoms with Crippen LogP contribution in [0.25, 0.3) is 0 Å². The van der Waals surface area contributed by atoms with E-state index in [1.54, 1.807) is 12.1 Å². The normalized spacial score (nSPS) is 11.4. The van der Waals surface area contributed by atoms with Gasteiger partial charge in [-0.2, -0.15) is 4.31 Å². The molecule has 0 atom stereocenters. The van der Waals surface area contributed by atoms with E-state index in [4.69, 9.17) is 16.3 Å². The number of ether oxygens (including phenoxy) is 1. The molecule has 0 spiro atoms. The molecule has 2 aromatic rings. The van der Waals surface area contributed by atoms with E-state index in [2.05, 4.69) is 5.32 Å². The summed E-state index contributed by atoms with van der Waals surface area (Å²) >= 11 is 5.91. The zero-order chi connectivity index (χ0) is 19.3. The van der Waals surface area contributed by atoms with Gasteiger partial charge in [0.25, 0.3) is 0 Å². The first-order valence-corrected chi connectivity index (χ1v) is 9.74. The molecular weight excluding hydrogens is 383 g/mol. The Labute approximate surface area is 156 Å². The molecule has 6 nitrogen and oxygen atoms in total. The first-order chi connectivity index (χ1) is 12.2. The van der Waals surface area contributed by atoms with Crippen LogP contribution in [0.2, 0.25) is 5.02 Å². The predicted molar refractivity (Wildman–Crippen MR) is 98.3 cm³/mol. The highest BCUT2D eigenvalue weighted by atomic mass is 35.5. The maximum atomic E-state index is 13.0. The van der Waals surface area contributed by atoms with E-state index in [0.29, 0.717) is 22.0 Å². The predicted octanol–water partition coefficient (Wildman–Crippen LogP) is 2.89. The van der Waals surface area contributed by atoms with Crippen molar-refractivity contribution in [1.82, 2.24) is 4.31 Å². The molecule has 0 aliphatic rings. The summed E-state index contributed by atoms with van der Waals surface area (Å²) in [5, 5.41) is 2.98. The average molecular weight is 401 g/mol. The highest BCUT2D eigenvalue weighted by Gasteiger charge is 2.21. The third-order valence-corrected chi connectivity index (χ3v) is 4.93. The van der Waals surface area contributed by atoms with Gasteiger partial charge in [-0.25, -0.2) is 12.8 Å². The summed E-state index contributed by atoms with van der Waals surface area (Å²) < 4.78 is 43.1. The number of carbonyl (C=O) groups is 1. The molecule has 26 heavy (non-hydrogen) atoms. The van der Waals surface area contributed by atoms with Crippen molar-refractivity contribution in [1.29, 1.82) is 0 Å². The molecule has 2 rings (SSSR count). The molecule has 0 radical (unpaired) electrons. The van der Waals surface area contributed by atoms with E-state index in [1.807, 2.05) is 0 Å². The first-order valence-electron chi connectivity index (χ1n) is 7.52. The molecule has 2 aromatic carbocycles. The first kappa shape index (κ1) is 20.2. The van der Waals surface area contributed by atoms with Crippen LogP contribution >= 0.6 is 11.6 Å². The highest BCUT2D eigenvalue weighted by molar-refractivity contribution is 7.88. The molecule has 0 saturated heterocycles. The Morgan fingerprint density at radius 1 is 1.23 bits per heavy atom. The average Bonchev–Trinajstić information content (AvgIpc) is 2.55. The Kier molecular flexibility index (Phi) is 6.57. The summed E-state index contributed by atoms with van der Waals surface area (Å²) in [6, 6.07) is 10.1. The van der Waals surface area contributed by atoms with Crippen molar-refractivity contribution < 1.29 is 22.3 Å². The molecule has 9 heteroatoms. The smallest absolute Gasteiger partial charge is 0.239 e. The van der Waals surface area contributed by atoms with Gasteiger partial charge in [0.15, 0.2) is 0 Å². The molecule has 0 aliphatic carbocycles. The van der Waals surface area contributed by atoms with Gasteiger partial charge in [-0.3, -0.25) is 4.79 Å². The van der Waals surface area contributed by atoms with Crippen molar-refractivity contribution in [2.45, 2.75) is 6.54 Å². The summed E-state index contributed by atoms with van der Waals surface area (Å²) in [5.74, 6) is -0.587. The van der Waals surface area contributed by atoms with E-state index in [-0.39, 0.29) is 6.54 Å². The maximum absolute atomic E-state index is 13.0. The van der Waals surface area contributed by atoms with Crippen LogP contribution in [-0.2, 0) is 21.4 Å². The van der Waals surface area contributed by atoms with Gasteiger partial charge in [0.2, 0.25) is 15.9 Å². The van der Waals surface area contributed by atoms with E-state index >= 15 is 0 Å². The Bertz CT molecular complexity index is 888. The molecule has 140 valence electrons. The number of amides is 1. The monoisotopic (exact) mass is 400 g/mol. The number of halogens is 2.